The third-order valence-electron chi connectivity index (χ3n) is 1.92. The van der Waals surface area contributed by atoms with Gasteiger partial charge in [0.1, 0.15) is 0 Å². The average molecular weight is 199 g/mol. The molecular weight excluding hydrogens is 186 g/mol. The van der Waals surface area contributed by atoms with Crippen LogP contribution in [0, 0.1) is 0 Å². The van der Waals surface area contributed by atoms with Gasteiger partial charge in [0.25, 0.3) is 0 Å². The molecule has 0 unspecified atom stereocenters. The molecule has 5 nitrogen and oxygen atoms in total. The minimum absolute atomic E-state index is 0.129. The van der Waals surface area contributed by atoms with E-state index in [1.807, 2.05) is 0 Å². The van der Waals surface area contributed by atoms with Crippen LogP contribution in [0.4, 0.5) is 0 Å². The minimum atomic E-state index is -0.601. The van der Waals surface area contributed by atoms with Crippen molar-refractivity contribution in [2.75, 3.05) is 13.7 Å². The van der Waals surface area contributed by atoms with Crippen molar-refractivity contribution >= 4 is 0 Å². The van der Waals surface area contributed by atoms with Gasteiger partial charge < -0.3 is 25.8 Å². The van der Waals surface area contributed by atoms with Crippen LogP contribution >= 0.6 is 0 Å². The van der Waals surface area contributed by atoms with Crippen LogP contribution in [-0.2, 0) is 0 Å². The molecular formula is C9H13NO4. The number of aliphatic hydroxyl groups excluding tert-OH is 1. The highest BCUT2D eigenvalue weighted by atomic mass is 16.5. The molecule has 1 rings (SSSR count). The summed E-state index contributed by atoms with van der Waals surface area (Å²) in [6.07, 6.45) is 0. The Morgan fingerprint density at radius 2 is 2.07 bits per heavy atom. The third kappa shape index (κ3) is 1.89. The van der Waals surface area contributed by atoms with Gasteiger partial charge in [-0.05, 0) is 17.7 Å². The molecule has 0 fully saturated rings. The Kier molecular flexibility index (Phi) is 3.16. The monoisotopic (exact) mass is 199 g/mol. The van der Waals surface area contributed by atoms with Gasteiger partial charge in [-0.2, -0.15) is 0 Å². The van der Waals surface area contributed by atoms with Gasteiger partial charge >= 0.3 is 0 Å². The Morgan fingerprint density at radius 3 is 2.57 bits per heavy atom. The number of aromatic hydroxyl groups is 2. The fraction of sp³-hybridized carbons (Fsp3) is 0.333. The van der Waals surface area contributed by atoms with Crippen molar-refractivity contribution < 1.29 is 20.1 Å². The number of ether oxygens (including phenoxy) is 1. The predicted molar refractivity (Wildman–Crippen MR) is 50.3 cm³/mol. The Morgan fingerprint density at radius 1 is 1.43 bits per heavy atom. The molecule has 14 heavy (non-hydrogen) atoms. The highest BCUT2D eigenvalue weighted by Crippen LogP contribution is 2.37. The smallest absolute Gasteiger partial charge is 0.200 e. The van der Waals surface area contributed by atoms with Crippen molar-refractivity contribution in [2.45, 2.75) is 6.04 Å². The zero-order valence-electron chi connectivity index (χ0n) is 7.77. The lowest BCUT2D eigenvalue weighted by Crippen LogP contribution is -2.14. The standard InChI is InChI=1S/C9H13NO4/c1-14-8-3-5(6(10)4-11)2-7(12)9(8)13/h2-3,6,11-13H,4,10H2,1H3/t6-/m1/s1. The highest BCUT2D eigenvalue weighted by molar-refractivity contribution is 5.52. The summed E-state index contributed by atoms with van der Waals surface area (Å²) in [4.78, 5) is 0. The molecule has 0 bridgehead atoms. The highest BCUT2D eigenvalue weighted by Gasteiger charge is 2.13. The number of nitrogens with two attached hydrogens (primary N) is 1. The van der Waals surface area contributed by atoms with E-state index in [1.165, 1.54) is 19.2 Å². The van der Waals surface area contributed by atoms with Crippen LogP contribution in [-0.4, -0.2) is 29.0 Å². The Balaban J connectivity index is 3.16. The van der Waals surface area contributed by atoms with E-state index in [1.54, 1.807) is 0 Å². The molecule has 0 aliphatic rings. The molecule has 0 spiro atoms. The largest absolute Gasteiger partial charge is 0.504 e. The van der Waals surface area contributed by atoms with E-state index in [0.717, 1.165) is 0 Å². The molecule has 0 saturated heterocycles. The summed E-state index contributed by atoms with van der Waals surface area (Å²) in [5.74, 6) is -0.520. The zero-order chi connectivity index (χ0) is 10.7. The van der Waals surface area contributed by atoms with E-state index in [-0.39, 0.29) is 23.9 Å². The van der Waals surface area contributed by atoms with Gasteiger partial charge in [-0.3, -0.25) is 0 Å². The molecule has 0 heterocycles. The molecule has 0 radical (unpaired) electrons. The maximum atomic E-state index is 9.30. The van der Waals surface area contributed by atoms with E-state index >= 15 is 0 Å². The quantitative estimate of drug-likeness (QED) is 0.518. The fourth-order valence-corrected chi connectivity index (χ4v) is 1.09. The maximum Gasteiger partial charge on any atom is 0.200 e. The van der Waals surface area contributed by atoms with E-state index in [9.17, 15) is 10.2 Å². The molecule has 5 heteroatoms. The molecule has 1 aromatic carbocycles. The topological polar surface area (TPSA) is 95.9 Å². The number of methoxy groups -OCH3 is 1. The van der Waals surface area contributed by atoms with E-state index in [2.05, 4.69) is 0 Å². The fourth-order valence-electron chi connectivity index (χ4n) is 1.09. The molecule has 0 aliphatic heterocycles. The van der Waals surface area contributed by atoms with E-state index < -0.39 is 6.04 Å². The molecule has 1 aromatic rings. The number of rotatable bonds is 3. The van der Waals surface area contributed by atoms with Gasteiger partial charge in [0.2, 0.25) is 5.75 Å². The number of hydrogen-bond acceptors (Lipinski definition) is 5. The number of hydrogen-bond donors (Lipinski definition) is 4. The predicted octanol–water partition coefficient (Wildman–Crippen LogP) is 0.0985. The Labute approximate surface area is 81.4 Å². The van der Waals surface area contributed by atoms with Crippen molar-refractivity contribution in [1.82, 2.24) is 0 Å². The first-order valence-corrected chi connectivity index (χ1v) is 4.06. The van der Waals surface area contributed by atoms with Gasteiger partial charge in [-0.15, -0.1) is 0 Å². The van der Waals surface area contributed by atoms with Gasteiger partial charge in [-0.1, -0.05) is 0 Å². The van der Waals surface area contributed by atoms with Gasteiger partial charge in [0, 0.05) is 0 Å². The lowest BCUT2D eigenvalue weighted by atomic mass is 10.1. The summed E-state index contributed by atoms with van der Waals surface area (Å²) in [5, 5.41) is 27.4. The van der Waals surface area contributed by atoms with Crippen molar-refractivity contribution in [1.29, 1.82) is 0 Å². The van der Waals surface area contributed by atoms with Crippen LogP contribution in [0.1, 0.15) is 11.6 Å². The molecule has 5 N–H and O–H groups in total. The SMILES string of the molecule is COc1cc([C@H](N)CO)cc(O)c1O. The molecule has 0 aliphatic carbocycles. The second-order valence-electron chi connectivity index (χ2n) is 2.88. The lowest BCUT2D eigenvalue weighted by molar-refractivity contribution is 0.267. The summed E-state index contributed by atoms with van der Waals surface area (Å²) in [7, 11) is 1.36. The first kappa shape index (κ1) is 10.6. The van der Waals surface area contributed by atoms with Crippen LogP contribution in [0.5, 0.6) is 17.2 Å². The Bertz CT molecular complexity index is 327. The third-order valence-corrected chi connectivity index (χ3v) is 1.92. The Hall–Kier alpha value is -1.46. The van der Waals surface area contributed by atoms with Crippen LogP contribution in [0.15, 0.2) is 12.1 Å². The molecule has 0 amide bonds. The van der Waals surface area contributed by atoms with Crippen molar-refractivity contribution in [3.8, 4) is 17.2 Å². The first-order chi connectivity index (χ1) is 6.60. The van der Waals surface area contributed by atoms with E-state index in [0.29, 0.717) is 5.56 Å². The van der Waals surface area contributed by atoms with Crippen LogP contribution in [0.2, 0.25) is 0 Å². The number of benzene rings is 1. The minimum Gasteiger partial charge on any atom is -0.504 e. The zero-order valence-corrected chi connectivity index (χ0v) is 7.77. The van der Waals surface area contributed by atoms with E-state index in [4.69, 9.17) is 15.6 Å². The molecule has 0 saturated carbocycles. The average Bonchev–Trinajstić information content (AvgIpc) is 2.20. The van der Waals surface area contributed by atoms with Gasteiger partial charge in [0.15, 0.2) is 11.5 Å². The molecule has 0 aromatic heterocycles. The van der Waals surface area contributed by atoms with Gasteiger partial charge in [0.05, 0.1) is 19.8 Å². The van der Waals surface area contributed by atoms with Crippen molar-refractivity contribution in [3.05, 3.63) is 17.7 Å². The number of phenols is 2. The van der Waals surface area contributed by atoms with Crippen molar-refractivity contribution in [2.24, 2.45) is 5.73 Å². The number of phenolic OH excluding ortho intramolecular Hbond substituents is 2. The summed E-state index contributed by atoms with van der Waals surface area (Å²) in [6.45, 7) is -0.243. The lowest BCUT2D eigenvalue weighted by Gasteiger charge is -2.12. The summed E-state index contributed by atoms with van der Waals surface area (Å²) in [5.41, 5.74) is 6.04. The van der Waals surface area contributed by atoms with Crippen molar-refractivity contribution in [3.63, 3.8) is 0 Å². The maximum absolute atomic E-state index is 9.30. The normalized spacial score (nSPS) is 12.5. The molecule has 1 atom stereocenters. The summed E-state index contributed by atoms with van der Waals surface area (Å²) >= 11 is 0. The summed E-state index contributed by atoms with van der Waals surface area (Å²) in [6, 6.07) is 2.16. The number of aliphatic hydroxyl groups is 1. The second-order valence-corrected chi connectivity index (χ2v) is 2.88. The first-order valence-electron chi connectivity index (χ1n) is 4.06. The van der Waals surface area contributed by atoms with Crippen LogP contribution < -0.4 is 10.5 Å². The van der Waals surface area contributed by atoms with Gasteiger partial charge in [-0.25, -0.2) is 0 Å². The van der Waals surface area contributed by atoms with Crippen LogP contribution in [0.3, 0.4) is 0 Å². The van der Waals surface area contributed by atoms with Crippen LogP contribution in [0.25, 0.3) is 0 Å². The second kappa shape index (κ2) is 4.17. The summed E-state index contributed by atoms with van der Waals surface area (Å²) < 4.78 is 4.81. The molecule has 78 valence electrons.